The first kappa shape index (κ1) is 14.2. The molecule has 0 heterocycles. The molecule has 0 aromatic heterocycles. The van der Waals surface area contributed by atoms with Crippen molar-refractivity contribution >= 4 is 17.5 Å². The summed E-state index contributed by atoms with van der Waals surface area (Å²) in [6.07, 6.45) is 0. The zero-order chi connectivity index (χ0) is 14.5. The van der Waals surface area contributed by atoms with Gasteiger partial charge in [-0.15, -0.1) is 0 Å². The Kier molecular flexibility index (Phi) is 4.48. The molecule has 0 saturated heterocycles. The molecule has 4 nitrogen and oxygen atoms in total. The molecular weight excluding hydrogens is 278 g/mol. The second-order valence-corrected chi connectivity index (χ2v) is 4.41. The number of rotatable bonds is 4. The molecule has 0 aliphatic heterocycles. The summed E-state index contributed by atoms with van der Waals surface area (Å²) in [4.78, 5) is 11.6. The van der Waals surface area contributed by atoms with Crippen molar-refractivity contribution in [3.63, 3.8) is 0 Å². The molecule has 0 saturated carbocycles. The number of ether oxygens (including phenoxy) is 2. The Bertz CT molecular complexity index is 628. The third-order valence-corrected chi connectivity index (χ3v) is 3.00. The van der Waals surface area contributed by atoms with E-state index in [4.69, 9.17) is 21.1 Å². The molecule has 0 aliphatic rings. The molecule has 0 spiro atoms. The van der Waals surface area contributed by atoms with Crippen LogP contribution in [0.25, 0.3) is 0 Å². The predicted molar refractivity (Wildman–Crippen MR) is 77.9 cm³/mol. The van der Waals surface area contributed by atoms with Crippen LogP contribution in [0.5, 0.6) is 17.2 Å². The van der Waals surface area contributed by atoms with Gasteiger partial charge in [0.15, 0.2) is 0 Å². The van der Waals surface area contributed by atoms with Crippen LogP contribution < -0.4 is 14.8 Å². The molecule has 2 rings (SSSR count). The molecular formula is C15H14ClNO3. The Balaban J connectivity index is 2.28. The molecule has 0 radical (unpaired) electrons. The van der Waals surface area contributed by atoms with Crippen LogP contribution in [0.4, 0.5) is 0 Å². The Morgan fingerprint density at radius 3 is 2.65 bits per heavy atom. The summed E-state index contributed by atoms with van der Waals surface area (Å²) in [5, 5.41) is 3.03. The first-order chi connectivity index (χ1) is 9.63. The number of nitrogens with one attached hydrogen (secondary N) is 1. The fourth-order valence-electron chi connectivity index (χ4n) is 1.66. The van der Waals surface area contributed by atoms with Crippen molar-refractivity contribution < 1.29 is 14.3 Å². The highest BCUT2D eigenvalue weighted by molar-refractivity contribution is 6.32. The van der Waals surface area contributed by atoms with Crippen molar-refractivity contribution in [1.82, 2.24) is 5.32 Å². The summed E-state index contributed by atoms with van der Waals surface area (Å²) in [6.45, 7) is 0. The van der Waals surface area contributed by atoms with E-state index in [-0.39, 0.29) is 5.91 Å². The summed E-state index contributed by atoms with van der Waals surface area (Å²) >= 11 is 6.07. The van der Waals surface area contributed by atoms with Crippen molar-refractivity contribution in [2.75, 3.05) is 14.2 Å². The van der Waals surface area contributed by atoms with Crippen molar-refractivity contribution in [3.8, 4) is 17.2 Å². The zero-order valence-corrected chi connectivity index (χ0v) is 11.9. The fourth-order valence-corrected chi connectivity index (χ4v) is 1.82. The first-order valence-corrected chi connectivity index (χ1v) is 6.35. The smallest absolute Gasteiger partial charge is 0.251 e. The average Bonchev–Trinajstić information content (AvgIpc) is 2.49. The lowest BCUT2D eigenvalue weighted by atomic mass is 10.2. The van der Waals surface area contributed by atoms with Gasteiger partial charge in [-0.2, -0.15) is 0 Å². The second-order valence-electron chi connectivity index (χ2n) is 4.01. The lowest BCUT2D eigenvalue weighted by Crippen LogP contribution is -2.17. The van der Waals surface area contributed by atoms with E-state index in [1.54, 1.807) is 56.6 Å². The number of amides is 1. The van der Waals surface area contributed by atoms with Gasteiger partial charge in [0.1, 0.15) is 17.2 Å². The molecule has 2 aromatic carbocycles. The van der Waals surface area contributed by atoms with E-state index in [2.05, 4.69) is 5.32 Å². The predicted octanol–water partition coefficient (Wildman–Crippen LogP) is 3.50. The average molecular weight is 292 g/mol. The van der Waals surface area contributed by atoms with Gasteiger partial charge in [-0.1, -0.05) is 17.7 Å². The van der Waals surface area contributed by atoms with E-state index >= 15 is 0 Å². The van der Waals surface area contributed by atoms with Crippen LogP contribution in [0.3, 0.4) is 0 Å². The summed E-state index contributed by atoms with van der Waals surface area (Å²) in [5.41, 5.74) is 0.518. The molecule has 0 bridgehead atoms. The molecule has 0 aliphatic carbocycles. The zero-order valence-electron chi connectivity index (χ0n) is 11.1. The monoisotopic (exact) mass is 291 g/mol. The number of benzene rings is 2. The third kappa shape index (κ3) is 3.22. The highest BCUT2D eigenvalue weighted by atomic mass is 35.5. The van der Waals surface area contributed by atoms with E-state index in [0.29, 0.717) is 27.8 Å². The normalized spacial score (nSPS) is 9.95. The standard InChI is InChI=1S/C15H14ClNO3/c1-17-15(18)10-4-3-5-12(8-10)20-14-9-11(19-2)6-7-13(14)16/h3-9H,1-2H3,(H,17,18). The molecule has 104 valence electrons. The maximum absolute atomic E-state index is 11.6. The molecule has 2 aromatic rings. The van der Waals surface area contributed by atoms with Crippen LogP contribution in [0.1, 0.15) is 10.4 Å². The maximum atomic E-state index is 11.6. The Morgan fingerprint density at radius 2 is 1.95 bits per heavy atom. The van der Waals surface area contributed by atoms with E-state index in [9.17, 15) is 4.79 Å². The lowest BCUT2D eigenvalue weighted by Gasteiger charge is -2.10. The SMILES string of the molecule is CNC(=O)c1cccc(Oc2cc(OC)ccc2Cl)c1. The molecule has 1 amide bonds. The number of hydrogen-bond acceptors (Lipinski definition) is 3. The molecule has 1 N–H and O–H groups in total. The minimum atomic E-state index is -0.174. The maximum Gasteiger partial charge on any atom is 0.251 e. The van der Waals surface area contributed by atoms with Gasteiger partial charge in [0, 0.05) is 18.7 Å². The van der Waals surface area contributed by atoms with Gasteiger partial charge in [-0.05, 0) is 30.3 Å². The Labute approximate surface area is 122 Å². The Morgan fingerprint density at radius 1 is 1.15 bits per heavy atom. The molecule has 5 heteroatoms. The highest BCUT2D eigenvalue weighted by Gasteiger charge is 2.08. The summed E-state index contributed by atoms with van der Waals surface area (Å²) in [6, 6.07) is 12.0. The fraction of sp³-hybridized carbons (Fsp3) is 0.133. The van der Waals surface area contributed by atoms with Crippen LogP contribution in [0.2, 0.25) is 5.02 Å². The van der Waals surface area contributed by atoms with Gasteiger partial charge in [0.2, 0.25) is 0 Å². The Hall–Kier alpha value is -2.20. The third-order valence-electron chi connectivity index (χ3n) is 2.69. The van der Waals surface area contributed by atoms with Crippen LogP contribution in [-0.4, -0.2) is 20.1 Å². The number of methoxy groups -OCH3 is 1. The van der Waals surface area contributed by atoms with Crippen LogP contribution in [0, 0.1) is 0 Å². The molecule has 0 fully saturated rings. The van der Waals surface area contributed by atoms with E-state index in [0.717, 1.165) is 0 Å². The van der Waals surface area contributed by atoms with Gasteiger partial charge in [-0.3, -0.25) is 4.79 Å². The van der Waals surface area contributed by atoms with Crippen molar-refractivity contribution in [2.45, 2.75) is 0 Å². The van der Waals surface area contributed by atoms with Crippen molar-refractivity contribution in [3.05, 3.63) is 53.1 Å². The van der Waals surface area contributed by atoms with E-state index < -0.39 is 0 Å². The van der Waals surface area contributed by atoms with E-state index in [1.807, 2.05) is 0 Å². The van der Waals surface area contributed by atoms with Crippen LogP contribution in [-0.2, 0) is 0 Å². The number of carbonyl (C=O) groups excluding carboxylic acids is 1. The number of halogens is 1. The number of carbonyl (C=O) groups is 1. The summed E-state index contributed by atoms with van der Waals surface area (Å²) in [5.74, 6) is 1.47. The quantitative estimate of drug-likeness (QED) is 0.938. The minimum Gasteiger partial charge on any atom is -0.497 e. The molecule has 0 atom stereocenters. The second kappa shape index (κ2) is 6.30. The van der Waals surface area contributed by atoms with E-state index in [1.165, 1.54) is 0 Å². The topological polar surface area (TPSA) is 47.6 Å². The van der Waals surface area contributed by atoms with Gasteiger partial charge in [0.25, 0.3) is 5.91 Å². The summed E-state index contributed by atoms with van der Waals surface area (Å²) in [7, 11) is 3.15. The lowest BCUT2D eigenvalue weighted by molar-refractivity contribution is 0.0963. The largest absolute Gasteiger partial charge is 0.497 e. The van der Waals surface area contributed by atoms with Crippen LogP contribution in [0.15, 0.2) is 42.5 Å². The molecule has 0 unspecified atom stereocenters. The number of hydrogen-bond donors (Lipinski definition) is 1. The highest BCUT2D eigenvalue weighted by Crippen LogP contribution is 2.32. The summed E-state index contributed by atoms with van der Waals surface area (Å²) < 4.78 is 10.8. The van der Waals surface area contributed by atoms with Gasteiger partial charge in [-0.25, -0.2) is 0 Å². The van der Waals surface area contributed by atoms with Gasteiger partial charge < -0.3 is 14.8 Å². The minimum absolute atomic E-state index is 0.174. The molecule has 20 heavy (non-hydrogen) atoms. The van der Waals surface area contributed by atoms with Gasteiger partial charge in [0.05, 0.1) is 12.1 Å². The first-order valence-electron chi connectivity index (χ1n) is 5.97. The van der Waals surface area contributed by atoms with Crippen LogP contribution >= 0.6 is 11.6 Å². The van der Waals surface area contributed by atoms with Crippen molar-refractivity contribution in [2.24, 2.45) is 0 Å². The van der Waals surface area contributed by atoms with Crippen molar-refractivity contribution in [1.29, 1.82) is 0 Å². The van der Waals surface area contributed by atoms with Gasteiger partial charge >= 0.3 is 0 Å².